The van der Waals surface area contributed by atoms with Gasteiger partial charge in [-0.25, -0.2) is 0 Å². The first-order valence-electron chi connectivity index (χ1n) is 4.21. The topological polar surface area (TPSA) is 43.1 Å². The molecule has 0 aliphatic heterocycles. The second-order valence-corrected chi connectivity index (χ2v) is 3.36. The van der Waals surface area contributed by atoms with Gasteiger partial charge in [-0.05, 0) is 36.1 Å². The van der Waals surface area contributed by atoms with E-state index in [1.807, 2.05) is 6.07 Å². The highest BCUT2D eigenvalue weighted by Gasteiger charge is 2.06. The van der Waals surface area contributed by atoms with Gasteiger partial charge in [0.25, 0.3) is 0 Å². The maximum Gasteiger partial charge on any atom is 0.248 e. The molecule has 0 spiro atoms. The Balaban J connectivity index is 3.13. The van der Waals surface area contributed by atoms with Gasteiger partial charge < -0.3 is 5.73 Å². The van der Waals surface area contributed by atoms with Crippen LogP contribution in [0.2, 0.25) is 0 Å². The molecule has 0 aromatic heterocycles. The SMILES string of the molecule is [CH]c1cc(C(N)=O)ccc1C(C)C. The lowest BCUT2D eigenvalue weighted by molar-refractivity contribution is 0.1000. The highest BCUT2D eigenvalue weighted by Crippen LogP contribution is 2.19. The molecule has 0 bridgehead atoms. The molecule has 13 heavy (non-hydrogen) atoms. The maximum absolute atomic E-state index is 10.8. The Kier molecular flexibility index (Phi) is 2.71. The van der Waals surface area contributed by atoms with Gasteiger partial charge in [-0.1, -0.05) is 19.9 Å². The first-order chi connectivity index (χ1) is 6.02. The van der Waals surface area contributed by atoms with E-state index in [1.54, 1.807) is 12.1 Å². The van der Waals surface area contributed by atoms with Crippen molar-refractivity contribution in [1.29, 1.82) is 0 Å². The van der Waals surface area contributed by atoms with Crippen molar-refractivity contribution in [2.24, 2.45) is 5.73 Å². The number of amides is 1. The van der Waals surface area contributed by atoms with Gasteiger partial charge in [0.1, 0.15) is 0 Å². The Hall–Kier alpha value is -1.31. The van der Waals surface area contributed by atoms with Crippen LogP contribution in [0, 0.1) is 6.92 Å². The molecule has 2 nitrogen and oxygen atoms in total. The van der Waals surface area contributed by atoms with Crippen molar-refractivity contribution in [2.75, 3.05) is 0 Å². The number of primary amides is 1. The monoisotopic (exact) mass is 175 g/mol. The molecule has 0 heterocycles. The van der Waals surface area contributed by atoms with E-state index >= 15 is 0 Å². The standard InChI is InChI=1S/C11H13NO/c1-7(2)10-5-4-9(11(12)13)6-8(10)3/h3-7H,1-2H3,(H2,12,13). The average Bonchev–Trinajstić information content (AvgIpc) is 2.03. The second kappa shape index (κ2) is 3.60. The Morgan fingerprint density at radius 2 is 2.08 bits per heavy atom. The van der Waals surface area contributed by atoms with Crippen LogP contribution in [0.3, 0.4) is 0 Å². The fourth-order valence-electron chi connectivity index (χ4n) is 1.25. The third kappa shape index (κ3) is 2.08. The normalized spacial score (nSPS) is 10.5. The van der Waals surface area contributed by atoms with Crippen LogP contribution in [0.25, 0.3) is 0 Å². The minimum Gasteiger partial charge on any atom is -0.366 e. The molecule has 0 fully saturated rings. The maximum atomic E-state index is 10.8. The molecule has 68 valence electrons. The van der Waals surface area contributed by atoms with Crippen LogP contribution in [-0.4, -0.2) is 5.91 Å². The van der Waals surface area contributed by atoms with E-state index in [9.17, 15) is 4.79 Å². The minimum atomic E-state index is -0.443. The molecule has 2 N–H and O–H groups in total. The smallest absolute Gasteiger partial charge is 0.248 e. The summed E-state index contributed by atoms with van der Waals surface area (Å²) >= 11 is 0. The lowest BCUT2D eigenvalue weighted by atomic mass is 9.96. The quantitative estimate of drug-likeness (QED) is 0.733. The van der Waals surface area contributed by atoms with Crippen LogP contribution >= 0.6 is 0 Å². The van der Waals surface area contributed by atoms with Gasteiger partial charge in [0.15, 0.2) is 0 Å². The Bertz CT molecular complexity index is 329. The van der Waals surface area contributed by atoms with Gasteiger partial charge in [0.2, 0.25) is 5.91 Å². The molecule has 1 rings (SSSR count). The van der Waals surface area contributed by atoms with E-state index in [4.69, 9.17) is 12.7 Å². The van der Waals surface area contributed by atoms with Gasteiger partial charge in [-0.15, -0.1) is 0 Å². The number of carbonyl (C=O) groups is 1. The molecule has 2 radical (unpaired) electrons. The molecule has 0 atom stereocenters. The van der Waals surface area contributed by atoms with Crippen molar-refractivity contribution in [1.82, 2.24) is 0 Å². The Labute approximate surface area is 78.8 Å². The van der Waals surface area contributed by atoms with Crippen LogP contribution < -0.4 is 5.73 Å². The summed E-state index contributed by atoms with van der Waals surface area (Å²) in [5.41, 5.74) is 7.25. The van der Waals surface area contributed by atoms with Crippen LogP contribution in [-0.2, 0) is 0 Å². The van der Waals surface area contributed by atoms with E-state index in [0.29, 0.717) is 17.0 Å². The first-order valence-corrected chi connectivity index (χ1v) is 4.21. The summed E-state index contributed by atoms with van der Waals surface area (Å²) in [5, 5.41) is 0. The summed E-state index contributed by atoms with van der Waals surface area (Å²) in [4.78, 5) is 10.8. The number of rotatable bonds is 2. The second-order valence-electron chi connectivity index (χ2n) is 3.36. The predicted octanol–water partition coefficient (Wildman–Crippen LogP) is 1.97. The molecule has 0 saturated heterocycles. The van der Waals surface area contributed by atoms with Gasteiger partial charge in [-0.3, -0.25) is 4.79 Å². The van der Waals surface area contributed by atoms with Crippen LogP contribution in [0.15, 0.2) is 18.2 Å². The predicted molar refractivity (Wildman–Crippen MR) is 52.5 cm³/mol. The fourth-order valence-corrected chi connectivity index (χ4v) is 1.25. The number of hydrogen-bond acceptors (Lipinski definition) is 1. The molecule has 1 aromatic rings. The molecule has 0 unspecified atom stereocenters. The zero-order valence-electron chi connectivity index (χ0n) is 7.87. The summed E-state index contributed by atoms with van der Waals surface area (Å²) in [6, 6.07) is 5.17. The highest BCUT2D eigenvalue weighted by molar-refractivity contribution is 5.93. The third-order valence-electron chi connectivity index (χ3n) is 1.99. The summed E-state index contributed by atoms with van der Waals surface area (Å²) in [5.74, 6) is -0.0797. The fraction of sp³-hybridized carbons (Fsp3) is 0.273. The Morgan fingerprint density at radius 1 is 1.46 bits per heavy atom. The van der Waals surface area contributed by atoms with E-state index in [2.05, 4.69) is 13.8 Å². The van der Waals surface area contributed by atoms with Crippen molar-refractivity contribution in [3.8, 4) is 0 Å². The van der Waals surface area contributed by atoms with Crippen molar-refractivity contribution in [3.05, 3.63) is 41.8 Å². The van der Waals surface area contributed by atoms with Gasteiger partial charge in [0.05, 0.1) is 0 Å². The molecular weight excluding hydrogens is 162 g/mol. The van der Waals surface area contributed by atoms with E-state index in [0.717, 1.165) is 5.56 Å². The van der Waals surface area contributed by atoms with Crippen molar-refractivity contribution in [3.63, 3.8) is 0 Å². The van der Waals surface area contributed by atoms with E-state index in [-0.39, 0.29) is 0 Å². The lowest BCUT2D eigenvalue weighted by Crippen LogP contribution is -2.11. The molecule has 2 heteroatoms. The minimum absolute atomic E-state index is 0.363. The van der Waals surface area contributed by atoms with Crippen molar-refractivity contribution < 1.29 is 4.79 Å². The zero-order valence-corrected chi connectivity index (χ0v) is 7.87. The summed E-state index contributed by atoms with van der Waals surface area (Å²) in [7, 11) is 0. The third-order valence-corrected chi connectivity index (χ3v) is 1.99. The molecule has 0 saturated carbocycles. The highest BCUT2D eigenvalue weighted by atomic mass is 16.1. The Morgan fingerprint density at radius 3 is 2.46 bits per heavy atom. The number of nitrogens with two attached hydrogens (primary N) is 1. The van der Waals surface area contributed by atoms with Crippen LogP contribution in [0.4, 0.5) is 0 Å². The largest absolute Gasteiger partial charge is 0.366 e. The van der Waals surface area contributed by atoms with Crippen LogP contribution in [0.1, 0.15) is 41.3 Å². The molecule has 1 amide bonds. The van der Waals surface area contributed by atoms with Crippen LogP contribution in [0.5, 0.6) is 0 Å². The lowest BCUT2D eigenvalue weighted by Gasteiger charge is -2.09. The van der Waals surface area contributed by atoms with E-state index < -0.39 is 5.91 Å². The zero-order chi connectivity index (χ0) is 10.0. The van der Waals surface area contributed by atoms with Crippen molar-refractivity contribution in [2.45, 2.75) is 19.8 Å². The summed E-state index contributed by atoms with van der Waals surface area (Å²) in [6.45, 7) is 9.85. The molecule has 1 aromatic carbocycles. The van der Waals surface area contributed by atoms with Gasteiger partial charge in [-0.2, -0.15) is 0 Å². The van der Waals surface area contributed by atoms with Gasteiger partial charge >= 0.3 is 0 Å². The number of carbonyl (C=O) groups excluding carboxylic acids is 1. The summed E-state index contributed by atoms with van der Waals surface area (Å²) < 4.78 is 0. The van der Waals surface area contributed by atoms with E-state index in [1.165, 1.54) is 0 Å². The van der Waals surface area contributed by atoms with Crippen molar-refractivity contribution >= 4 is 5.91 Å². The average molecular weight is 175 g/mol. The molecular formula is C11H13NO. The molecule has 0 aliphatic carbocycles. The summed E-state index contributed by atoms with van der Waals surface area (Å²) in [6.07, 6.45) is 0. The molecule has 0 aliphatic rings. The van der Waals surface area contributed by atoms with Gasteiger partial charge in [0, 0.05) is 5.56 Å². The first kappa shape index (κ1) is 9.78. The number of benzene rings is 1. The number of hydrogen-bond donors (Lipinski definition) is 1.